The minimum absolute atomic E-state index is 0.136. The summed E-state index contributed by atoms with van der Waals surface area (Å²) in [5.41, 5.74) is 0.775. The van der Waals surface area contributed by atoms with Gasteiger partial charge in [0.15, 0.2) is 0 Å². The number of rotatable bonds is 10. The van der Waals surface area contributed by atoms with Gasteiger partial charge in [-0.15, -0.1) is 0 Å². The van der Waals surface area contributed by atoms with E-state index in [4.69, 9.17) is 9.84 Å². The Morgan fingerprint density at radius 2 is 1.76 bits per heavy atom. The van der Waals surface area contributed by atoms with Crippen LogP contribution in [0.5, 0.6) is 5.75 Å². The van der Waals surface area contributed by atoms with Crippen molar-refractivity contribution in [2.75, 3.05) is 13.2 Å². The summed E-state index contributed by atoms with van der Waals surface area (Å²) in [6, 6.07) is 1.86. The molecule has 1 aromatic heterocycles. The molecule has 0 aliphatic heterocycles. The van der Waals surface area contributed by atoms with Crippen molar-refractivity contribution >= 4 is 0 Å². The van der Waals surface area contributed by atoms with E-state index >= 15 is 0 Å². The summed E-state index contributed by atoms with van der Waals surface area (Å²) in [4.78, 5) is 4.09. The van der Waals surface area contributed by atoms with Gasteiger partial charge in [-0.2, -0.15) is 0 Å². The second-order valence-corrected chi connectivity index (χ2v) is 5.19. The highest BCUT2D eigenvalue weighted by molar-refractivity contribution is 5.36. The molecule has 1 rings (SSSR count). The molecule has 1 heterocycles. The van der Waals surface area contributed by atoms with Crippen LogP contribution in [0.3, 0.4) is 0 Å². The number of hydrogen-bond acceptors (Lipinski definition) is 3. The Kier molecular flexibility index (Phi) is 10.2. The van der Waals surface area contributed by atoms with Crippen molar-refractivity contribution in [3.63, 3.8) is 0 Å². The van der Waals surface area contributed by atoms with Crippen LogP contribution in [0.15, 0.2) is 18.5 Å². The number of hydrogen-bond donors (Lipinski definition) is 1. The van der Waals surface area contributed by atoms with Crippen molar-refractivity contribution in [3.05, 3.63) is 24.0 Å². The molecule has 0 atom stereocenters. The van der Waals surface area contributed by atoms with Gasteiger partial charge in [0.2, 0.25) is 0 Å². The van der Waals surface area contributed by atoms with Gasteiger partial charge in [-0.25, -0.2) is 0 Å². The topological polar surface area (TPSA) is 42.4 Å². The van der Waals surface area contributed by atoms with Crippen LogP contribution in [-0.4, -0.2) is 23.3 Å². The van der Waals surface area contributed by atoms with Crippen LogP contribution in [0, 0.1) is 11.8 Å². The number of aromatic nitrogens is 1. The highest BCUT2D eigenvalue weighted by Gasteiger charge is 1.97. The molecule has 0 saturated carbocycles. The maximum Gasteiger partial charge on any atom is 0.138 e. The number of nitrogens with zero attached hydrogens (tertiary/aromatic N) is 1. The third kappa shape index (κ3) is 9.10. The lowest BCUT2D eigenvalue weighted by atomic mass is 10.1. The molecule has 0 saturated heterocycles. The van der Waals surface area contributed by atoms with Crippen molar-refractivity contribution in [1.82, 2.24) is 4.98 Å². The third-order valence-corrected chi connectivity index (χ3v) is 3.29. The highest BCUT2D eigenvalue weighted by Crippen LogP contribution is 2.12. The molecule has 0 fully saturated rings. The first-order valence-corrected chi connectivity index (χ1v) is 8.04. The zero-order chi connectivity index (χ0) is 15.2. The molecular weight excluding hydrogens is 262 g/mol. The van der Waals surface area contributed by atoms with Gasteiger partial charge in [-0.05, 0) is 12.5 Å². The normalized spacial score (nSPS) is 10.0. The third-order valence-electron chi connectivity index (χ3n) is 3.29. The summed E-state index contributed by atoms with van der Waals surface area (Å²) in [5.74, 6) is 6.19. The first-order valence-electron chi connectivity index (χ1n) is 8.04. The maximum absolute atomic E-state index is 8.66. The number of ether oxygens (including phenoxy) is 1. The highest BCUT2D eigenvalue weighted by atomic mass is 16.5. The minimum Gasteiger partial charge on any atom is -0.492 e. The second kappa shape index (κ2) is 12.2. The predicted octanol–water partition coefficient (Wildman–Crippen LogP) is 3.94. The number of aliphatic hydroxyl groups excluding tert-OH is 1. The molecule has 0 unspecified atom stereocenters. The van der Waals surface area contributed by atoms with Gasteiger partial charge in [0.05, 0.1) is 12.8 Å². The largest absolute Gasteiger partial charge is 0.492 e. The molecule has 1 aromatic rings. The summed E-state index contributed by atoms with van der Waals surface area (Å²) < 4.78 is 5.68. The molecule has 0 radical (unpaired) electrons. The zero-order valence-electron chi connectivity index (χ0n) is 13.1. The van der Waals surface area contributed by atoms with Crippen LogP contribution in [0.25, 0.3) is 0 Å². The van der Waals surface area contributed by atoms with Crippen LogP contribution in [0.1, 0.15) is 63.9 Å². The summed E-state index contributed by atoms with van der Waals surface area (Å²) in [6.07, 6.45) is 13.7. The van der Waals surface area contributed by atoms with Gasteiger partial charge < -0.3 is 9.84 Å². The van der Waals surface area contributed by atoms with E-state index in [1.54, 1.807) is 12.4 Å². The molecule has 0 aliphatic rings. The van der Waals surface area contributed by atoms with Gasteiger partial charge in [0.1, 0.15) is 12.4 Å². The number of unbranched alkanes of at least 4 members (excludes halogenated alkanes) is 7. The lowest BCUT2D eigenvalue weighted by Crippen LogP contribution is -1.98. The Bertz CT molecular complexity index is 434. The quantitative estimate of drug-likeness (QED) is 0.524. The van der Waals surface area contributed by atoms with E-state index < -0.39 is 0 Å². The number of pyridine rings is 1. The average Bonchev–Trinajstić information content (AvgIpc) is 2.52. The Hall–Kier alpha value is -1.53. The lowest BCUT2D eigenvalue weighted by Gasteiger charge is -2.06. The van der Waals surface area contributed by atoms with Gasteiger partial charge in [-0.1, -0.05) is 63.7 Å². The molecule has 21 heavy (non-hydrogen) atoms. The SMILES string of the molecule is CCCCCCCCCCOc1cncc(C#CCO)c1. The van der Waals surface area contributed by atoms with E-state index in [-0.39, 0.29) is 6.61 Å². The summed E-state index contributed by atoms with van der Waals surface area (Å²) in [7, 11) is 0. The standard InChI is InChI=1S/C18H27NO2/c1-2-3-4-5-6-7-8-9-13-21-18-14-17(11-10-12-20)15-19-16-18/h14-16,20H,2-9,12-13H2,1H3. The molecule has 0 spiro atoms. The summed E-state index contributed by atoms with van der Waals surface area (Å²) >= 11 is 0. The van der Waals surface area contributed by atoms with E-state index in [1.807, 2.05) is 6.07 Å². The van der Waals surface area contributed by atoms with Crippen molar-refractivity contribution in [2.24, 2.45) is 0 Å². The molecule has 0 aliphatic carbocycles. The van der Waals surface area contributed by atoms with Gasteiger partial charge in [0, 0.05) is 11.8 Å². The first kappa shape index (κ1) is 17.5. The molecule has 0 amide bonds. The average molecular weight is 289 g/mol. The van der Waals surface area contributed by atoms with Gasteiger partial charge >= 0.3 is 0 Å². The van der Waals surface area contributed by atoms with E-state index in [0.717, 1.165) is 24.3 Å². The van der Waals surface area contributed by atoms with E-state index in [9.17, 15) is 0 Å². The lowest BCUT2D eigenvalue weighted by molar-refractivity contribution is 0.303. The molecule has 1 N–H and O–H groups in total. The fourth-order valence-corrected chi connectivity index (χ4v) is 2.13. The van der Waals surface area contributed by atoms with Crippen molar-refractivity contribution in [1.29, 1.82) is 0 Å². The first-order chi connectivity index (χ1) is 10.4. The fourth-order valence-electron chi connectivity index (χ4n) is 2.13. The second-order valence-electron chi connectivity index (χ2n) is 5.19. The Morgan fingerprint density at radius 1 is 1.05 bits per heavy atom. The van der Waals surface area contributed by atoms with Gasteiger partial charge in [0.25, 0.3) is 0 Å². The number of aliphatic hydroxyl groups is 1. The monoisotopic (exact) mass is 289 g/mol. The van der Waals surface area contributed by atoms with Crippen molar-refractivity contribution < 1.29 is 9.84 Å². The summed E-state index contributed by atoms with van der Waals surface area (Å²) in [5, 5.41) is 8.66. The van der Waals surface area contributed by atoms with Crippen LogP contribution in [0.4, 0.5) is 0 Å². The molecule has 116 valence electrons. The smallest absolute Gasteiger partial charge is 0.138 e. The summed E-state index contributed by atoms with van der Waals surface area (Å²) in [6.45, 7) is 2.84. The molecular formula is C18H27NO2. The van der Waals surface area contributed by atoms with E-state index in [0.29, 0.717) is 0 Å². The van der Waals surface area contributed by atoms with Crippen LogP contribution >= 0.6 is 0 Å². The van der Waals surface area contributed by atoms with Crippen LogP contribution in [-0.2, 0) is 0 Å². The Labute approximate surface area is 128 Å². The van der Waals surface area contributed by atoms with Crippen LogP contribution in [0.2, 0.25) is 0 Å². The maximum atomic E-state index is 8.66. The van der Waals surface area contributed by atoms with Crippen molar-refractivity contribution in [2.45, 2.75) is 58.3 Å². The van der Waals surface area contributed by atoms with E-state index in [1.165, 1.54) is 44.9 Å². The molecule has 0 bridgehead atoms. The zero-order valence-corrected chi connectivity index (χ0v) is 13.1. The van der Waals surface area contributed by atoms with Gasteiger partial charge in [-0.3, -0.25) is 4.98 Å². The molecule has 3 nitrogen and oxygen atoms in total. The predicted molar refractivity (Wildman–Crippen MR) is 86.3 cm³/mol. The Morgan fingerprint density at radius 3 is 2.48 bits per heavy atom. The minimum atomic E-state index is -0.136. The van der Waals surface area contributed by atoms with Crippen LogP contribution < -0.4 is 4.74 Å². The van der Waals surface area contributed by atoms with Crippen molar-refractivity contribution in [3.8, 4) is 17.6 Å². The molecule has 0 aromatic carbocycles. The Balaban J connectivity index is 2.10. The van der Waals surface area contributed by atoms with E-state index in [2.05, 4.69) is 23.7 Å². The fraction of sp³-hybridized carbons (Fsp3) is 0.611. The molecule has 3 heteroatoms.